The van der Waals surface area contributed by atoms with Crippen LogP contribution in [0.25, 0.3) is 0 Å². The summed E-state index contributed by atoms with van der Waals surface area (Å²) in [5.74, 6) is 0. The number of benzene rings is 1. The van der Waals surface area contributed by atoms with Crippen molar-refractivity contribution in [3.05, 3.63) is 63.6 Å². The van der Waals surface area contributed by atoms with Crippen LogP contribution in [0.3, 0.4) is 0 Å². The lowest BCUT2D eigenvalue weighted by atomic mass is 10.2. The molecule has 0 aliphatic carbocycles. The topological polar surface area (TPSA) is 59.7 Å². The maximum Gasteiger partial charge on any atom is 0.171 e. The zero-order chi connectivity index (χ0) is 18.7. The molecule has 1 aromatic carbocycles. The quantitative estimate of drug-likeness (QED) is 0.603. The molecule has 0 saturated carbocycles. The Bertz CT molecular complexity index is 896. The van der Waals surface area contributed by atoms with Gasteiger partial charge >= 0.3 is 0 Å². The predicted octanol–water partition coefficient (Wildman–Crippen LogP) is 3.53. The number of rotatable bonds is 5. The maximum absolute atomic E-state index is 5.45. The summed E-state index contributed by atoms with van der Waals surface area (Å²) in [7, 11) is 1.90. The Morgan fingerprint density at radius 1 is 1.23 bits per heavy atom. The summed E-state index contributed by atoms with van der Waals surface area (Å²) in [5, 5.41) is 15.9. The summed E-state index contributed by atoms with van der Waals surface area (Å²) in [5.41, 5.74) is 5.16. The molecule has 0 radical (unpaired) electrons. The highest BCUT2D eigenvalue weighted by Crippen LogP contribution is 2.20. The highest BCUT2D eigenvalue weighted by Gasteiger charge is 2.13. The van der Waals surface area contributed by atoms with Crippen LogP contribution >= 0.6 is 28.1 Å². The molecule has 0 atom stereocenters. The molecular formula is C18H21BrN6S. The summed E-state index contributed by atoms with van der Waals surface area (Å²) in [6.07, 6.45) is 1.77. The second-order valence-electron chi connectivity index (χ2n) is 6.06. The van der Waals surface area contributed by atoms with E-state index in [0.29, 0.717) is 11.7 Å². The number of hydrogen-bond donors (Lipinski definition) is 2. The lowest BCUT2D eigenvalue weighted by Gasteiger charge is -2.12. The summed E-state index contributed by atoms with van der Waals surface area (Å²) >= 11 is 8.94. The first-order chi connectivity index (χ1) is 12.5. The summed E-state index contributed by atoms with van der Waals surface area (Å²) in [4.78, 5) is 0. The number of nitrogens with one attached hydrogen (secondary N) is 2. The largest absolute Gasteiger partial charge is 0.357 e. The molecule has 0 bridgehead atoms. The Kier molecular flexibility index (Phi) is 5.73. The van der Waals surface area contributed by atoms with Crippen molar-refractivity contribution in [3.63, 3.8) is 0 Å². The van der Waals surface area contributed by atoms with Crippen LogP contribution < -0.4 is 10.6 Å². The van der Waals surface area contributed by atoms with Gasteiger partial charge in [-0.3, -0.25) is 9.36 Å². The number of halogens is 1. The van der Waals surface area contributed by atoms with Gasteiger partial charge in [0.1, 0.15) is 0 Å². The van der Waals surface area contributed by atoms with Gasteiger partial charge in [0.15, 0.2) is 5.11 Å². The average Bonchev–Trinajstić information content (AvgIpc) is 3.07. The van der Waals surface area contributed by atoms with Crippen LogP contribution in [0.1, 0.15) is 22.6 Å². The Labute approximate surface area is 166 Å². The molecule has 2 N–H and O–H groups in total. The molecular weight excluding hydrogens is 412 g/mol. The Balaban J connectivity index is 1.67. The maximum atomic E-state index is 5.45. The van der Waals surface area contributed by atoms with Crippen molar-refractivity contribution in [1.82, 2.24) is 24.9 Å². The first-order valence-electron chi connectivity index (χ1n) is 8.25. The van der Waals surface area contributed by atoms with E-state index in [-0.39, 0.29) is 0 Å². The van der Waals surface area contributed by atoms with Gasteiger partial charge in [-0.25, -0.2) is 0 Å². The number of hydrogen-bond acceptors (Lipinski definition) is 3. The van der Waals surface area contributed by atoms with Gasteiger partial charge in [0, 0.05) is 7.05 Å². The molecule has 0 aliphatic heterocycles. The van der Waals surface area contributed by atoms with Gasteiger partial charge in [-0.05, 0) is 47.6 Å². The first-order valence-corrected chi connectivity index (χ1v) is 9.45. The fourth-order valence-electron chi connectivity index (χ4n) is 2.74. The fourth-order valence-corrected chi connectivity index (χ4v) is 3.41. The minimum atomic E-state index is 0.559. The molecule has 0 fully saturated rings. The fraction of sp³-hybridized carbons (Fsp3) is 0.278. The van der Waals surface area contributed by atoms with Gasteiger partial charge in [0.05, 0.1) is 46.5 Å². The summed E-state index contributed by atoms with van der Waals surface area (Å²) < 4.78 is 4.76. The Morgan fingerprint density at radius 3 is 2.62 bits per heavy atom. The zero-order valence-electron chi connectivity index (χ0n) is 15.0. The van der Waals surface area contributed by atoms with E-state index in [9.17, 15) is 0 Å². The molecule has 0 aliphatic rings. The van der Waals surface area contributed by atoms with E-state index in [2.05, 4.69) is 48.9 Å². The average molecular weight is 433 g/mol. The Morgan fingerprint density at radius 2 is 1.96 bits per heavy atom. The summed E-state index contributed by atoms with van der Waals surface area (Å²) in [6, 6.07) is 10.3. The monoisotopic (exact) mass is 432 g/mol. The first kappa shape index (κ1) is 18.6. The van der Waals surface area contributed by atoms with Crippen LogP contribution in [-0.4, -0.2) is 24.7 Å². The van der Waals surface area contributed by atoms with Crippen molar-refractivity contribution in [2.75, 3.05) is 5.32 Å². The van der Waals surface area contributed by atoms with Crippen LogP contribution in [-0.2, 0) is 20.1 Å². The molecule has 26 heavy (non-hydrogen) atoms. The molecule has 8 heteroatoms. The lowest BCUT2D eigenvalue weighted by Crippen LogP contribution is -2.29. The molecule has 136 valence electrons. The minimum Gasteiger partial charge on any atom is -0.357 e. The third-order valence-corrected chi connectivity index (χ3v) is 5.13. The van der Waals surface area contributed by atoms with E-state index in [4.69, 9.17) is 12.2 Å². The SMILES string of the molecule is Cc1nn(Cc2ccccc2)c(C)c1NC(=S)NCc1c(Br)cnn1C. The molecule has 0 unspecified atom stereocenters. The normalized spacial score (nSPS) is 10.8. The number of nitrogens with zero attached hydrogens (tertiary/aromatic N) is 4. The molecule has 6 nitrogen and oxygen atoms in total. The zero-order valence-corrected chi connectivity index (χ0v) is 17.4. The van der Waals surface area contributed by atoms with Crippen molar-refractivity contribution >= 4 is 38.9 Å². The standard InChI is InChI=1S/C18H21BrN6S/c1-12-17(13(2)25(23-12)11-14-7-5-4-6-8-14)22-18(26)20-10-16-15(19)9-21-24(16)3/h4-9H,10-11H2,1-3H3,(H2,20,22,26). The van der Waals surface area contributed by atoms with Gasteiger partial charge in [0.25, 0.3) is 0 Å². The van der Waals surface area contributed by atoms with E-state index in [0.717, 1.165) is 33.8 Å². The second kappa shape index (κ2) is 8.01. The number of aromatic nitrogens is 4. The molecule has 0 spiro atoms. The van der Waals surface area contributed by atoms with Crippen molar-refractivity contribution < 1.29 is 0 Å². The van der Waals surface area contributed by atoms with Gasteiger partial charge in [0.2, 0.25) is 0 Å². The molecule has 3 aromatic rings. The van der Waals surface area contributed by atoms with Crippen LogP contribution in [0.15, 0.2) is 41.0 Å². The van der Waals surface area contributed by atoms with Crippen LogP contribution in [0, 0.1) is 13.8 Å². The van der Waals surface area contributed by atoms with Gasteiger partial charge in [-0.15, -0.1) is 0 Å². The van der Waals surface area contributed by atoms with E-state index >= 15 is 0 Å². The van der Waals surface area contributed by atoms with Crippen LogP contribution in [0.4, 0.5) is 5.69 Å². The molecule has 0 amide bonds. The second-order valence-corrected chi connectivity index (χ2v) is 7.32. The molecule has 2 aromatic heterocycles. The van der Waals surface area contributed by atoms with Crippen molar-refractivity contribution in [2.45, 2.75) is 26.9 Å². The van der Waals surface area contributed by atoms with E-state index < -0.39 is 0 Å². The van der Waals surface area contributed by atoms with Crippen LogP contribution in [0.2, 0.25) is 0 Å². The van der Waals surface area contributed by atoms with Gasteiger partial charge in [-0.2, -0.15) is 10.2 Å². The van der Waals surface area contributed by atoms with E-state index in [1.54, 1.807) is 6.20 Å². The molecule has 3 rings (SSSR count). The molecule has 2 heterocycles. The number of thiocarbonyl (C=S) groups is 1. The highest BCUT2D eigenvalue weighted by atomic mass is 79.9. The van der Waals surface area contributed by atoms with Crippen molar-refractivity contribution in [1.29, 1.82) is 0 Å². The third-order valence-electron chi connectivity index (χ3n) is 4.22. The minimum absolute atomic E-state index is 0.559. The predicted molar refractivity (Wildman–Crippen MR) is 111 cm³/mol. The Hall–Kier alpha value is -2.19. The molecule has 0 saturated heterocycles. The van der Waals surface area contributed by atoms with E-state index in [1.807, 2.05) is 48.5 Å². The smallest absolute Gasteiger partial charge is 0.171 e. The van der Waals surface area contributed by atoms with E-state index in [1.165, 1.54) is 5.56 Å². The van der Waals surface area contributed by atoms with Crippen molar-refractivity contribution in [3.8, 4) is 0 Å². The highest BCUT2D eigenvalue weighted by molar-refractivity contribution is 9.10. The van der Waals surface area contributed by atoms with Crippen molar-refractivity contribution in [2.24, 2.45) is 7.05 Å². The van der Waals surface area contributed by atoms with Crippen LogP contribution in [0.5, 0.6) is 0 Å². The van der Waals surface area contributed by atoms with Gasteiger partial charge < -0.3 is 10.6 Å². The summed E-state index contributed by atoms with van der Waals surface area (Å²) in [6.45, 7) is 5.35. The number of aryl methyl sites for hydroxylation is 2. The lowest BCUT2D eigenvalue weighted by molar-refractivity contribution is 0.659. The number of anilines is 1. The third kappa shape index (κ3) is 4.13. The van der Waals surface area contributed by atoms with Gasteiger partial charge in [-0.1, -0.05) is 30.3 Å².